The molecule has 3 fully saturated rings. The van der Waals surface area contributed by atoms with Crippen LogP contribution < -0.4 is 9.64 Å². The Bertz CT molecular complexity index is 1590. The Balaban J connectivity index is 1.16. The minimum Gasteiger partial charge on any atom is -0.496 e. The number of pyridine rings is 1. The van der Waals surface area contributed by atoms with Gasteiger partial charge in [-0.2, -0.15) is 9.78 Å². The molecular weight excluding hydrogens is 623 g/mol. The minimum absolute atomic E-state index is 0.0259. The van der Waals surface area contributed by atoms with Crippen LogP contribution in [0.4, 0.5) is 23.8 Å². The van der Waals surface area contributed by atoms with Crippen LogP contribution in [0.3, 0.4) is 0 Å². The van der Waals surface area contributed by atoms with Gasteiger partial charge in [0.05, 0.1) is 13.3 Å². The summed E-state index contributed by atoms with van der Waals surface area (Å²) in [6, 6.07) is 9.68. The molecule has 9 nitrogen and oxygen atoms in total. The summed E-state index contributed by atoms with van der Waals surface area (Å²) in [7, 11) is 1.68. The molecular formula is C36H44F3N5O4. The second kappa shape index (κ2) is 14.2. The first kappa shape index (κ1) is 33.8. The van der Waals surface area contributed by atoms with E-state index >= 15 is 0 Å². The molecule has 0 atom stereocenters. The molecule has 1 aromatic carbocycles. The lowest BCUT2D eigenvalue weighted by atomic mass is 9.78. The average Bonchev–Trinajstić information content (AvgIpc) is 3.58. The highest BCUT2D eigenvalue weighted by molar-refractivity contribution is 5.94. The van der Waals surface area contributed by atoms with Gasteiger partial charge in [-0.05, 0) is 111 Å². The quantitative estimate of drug-likeness (QED) is 0.245. The maximum absolute atomic E-state index is 14.3. The van der Waals surface area contributed by atoms with E-state index in [2.05, 4.69) is 36.1 Å². The van der Waals surface area contributed by atoms with E-state index in [0.717, 1.165) is 43.2 Å². The Morgan fingerprint density at radius 2 is 1.71 bits per heavy atom. The first-order chi connectivity index (χ1) is 23.0. The van der Waals surface area contributed by atoms with Crippen molar-refractivity contribution >= 4 is 17.8 Å². The van der Waals surface area contributed by atoms with Gasteiger partial charge >= 0.3 is 12.4 Å². The predicted octanol–water partition coefficient (Wildman–Crippen LogP) is 7.69. The largest absolute Gasteiger partial charge is 0.504 e. The summed E-state index contributed by atoms with van der Waals surface area (Å²) in [5.74, 6) is 2.16. The van der Waals surface area contributed by atoms with Crippen LogP contribution in [-0.2, 0) is 15.8 Å². The standard InChI is InChI=1S/C36H44F3N5O4/c1-23-19-42(20-23)35(46)48-31-11-8-27(9-12-31)34(45)43(33-17-29(14-15-40-33)30-18-41-44(22-30)36(37,38)39)21-25-4-6-26(7-5-25)28-10-13-32(47-3)24(2)16-28/h10,13-18,22-23,25-27,31H,4-9,11-12,19-21H2,1-3H3. The number of alkyl halides is 3. The van der Waals surface area contributed by atoms with Gasteiger partial charge in [0.2, 0.25) is 5.91 Å². The molecule has 1 aliphatic heterocycles. The molecule has 0 unspecified atom stereocenters. The number of hydrogen-bond acceptors (Lipinski definition) is 6. The molecule has 6 rings (SSSR count). The summed E-state index contributed by atoms with van der Waals surface area (Å²) in [6.07, 6.45) is 4.79. The van der Waals surface area contributed by atoms with Crippen LogP contribution in [-0.4, -0.2) is 64.5 Å². The van der Waals surface area contributed by atoms with Crippen LogP contribution in [0.2, 0.25) is 0 Å². The molecule has 3 aliphatic rings. The number of amides is 2. The second-order valence-corrected chi connectivity index (χ2v) is 13.8. The van der Waals surface area contributed by atoms with Gasteiger partial charge in [0, 0.05) is 43.5 Å². The average molecular weight is 668 g/mol. The number of nitrogens with zero attached hydrogens (tertiary/aromatic N) is 5. The Morgan fingerprint density at radius 3 is 2.33 bits per heavy atom. The first-order valence-electron chi connectivity index (χ1n) is 17.0. The minimum atomic E-state index is -4.62. The van der Waals surface area contributed by atoms with Crippen molar-refractivity contribution in [1.29, 1.82) is 0 Å². The van der Waals surface area contributed by atoms with Gasteiger partial charge in [0.15, 0.2) is 0 Å². The van der Waals surface area contributed by atoms with Gasteiger partial charge in [-0.1, -0.05) is 19.1 Å². The van der Waals surface area contributed by atoms with Crippen molar-refractivity contribution in [3.8, 4) is 16.9 Å². The van der Waals surface area contributed by atoms with Crippen LogP contribution in [0, 0.1) is 24.7 Å². The predicted molar refractivity (Wildman–Crippen MR) is 175 cm³/mol. The van der Waals surface area contributed by atoms with Crippen LogP contribution in [0.15, 0.2) is 48.9 Å². The Morgan fingerprint density at radius 1 is 0.979 bits per heavy atom. The molecule has 0 radical (unpaired) electrons. The Labute approximate surface area is 279 Å². The Hall–Kier alpha value is -4.09. The van der Waals surface area contributed by atoms with Crippen LogP contribution in [0.1, 0.15) is 75.3 Å². The van der Waals surface area contributed by atoms with Crippen molar-refractivity contribution in [3.63, 3.8) is 0 Å². The van der Waals surface area contributed by atoms with Gasteiger partial charge in [-0.15, -0.1) is 13.2 Å². The highest BCUT2D eigenvalue weighted by Crippen LogP contribution is 2.39. The van der Waals surface area contributed by atoms with Crippen molar-refractivity contribution in [1.82, 2.24) is 19.7 Å². The fourth-order valence-electron chi connectivity index (χ4n) is 7.46. The molecule has 0 N–H and O–H groups in total. The van der Waals surface area contributed by atoms with E-state index in [1.165, 1.54) is 18.0 Å². The normalized spacial score (nSPS) is 23.3. The summed E-state index contributed by atoms with van der Waals surface area (Å²) in [5, 5.41) is 3.48. The molecule has 3 aromatic rings. The lowest BCUT2D eigenvalue weighted by Crippen LogP contribution is -2.50. The topological polar surface area (TPSA) is 89.8 Å². The zero-order valence-corrected chi connectivity index (χ0v) is 27.8. The number of halogens is 3. The summed E-state index contributed by atoms with van der Waals surface area (Å²) < 4.78 is 50.9. The number of anilines is 1. The molecule has 2 aliphatic carbocycles. The number of carbonyl (C=O) groups is 2. The highest BCUT2D eigenvalue weighted by Gasteiger charge is 2.36. The zero-order valence-electron chi connectivity index (χ0n) is 27.8. The van der Waals surface area contributed by atoms with E-state index in [0.29, 0.717) is 68.5 Å². The molecule has 0 bridgehead atoms. The number of ether oxygens (including phenoxy) is 2. The van der Waals surface area contributed by atoms with Crippen molar-refractivity contribution in [3.05, 3.63) is 60.0 Å². The van der Waals surface area contributed by atoms with E-state index in [4.69, 9.17) is 9.47 Å². The molecule has 48 heavy (non-hydrogen) atoms. The van der Waals surface area contributed by atoms with Crippen molar-refractivity contribution in [2.24, 2.45) is 17.8 Å². The van der Waals surface area contributed by atoms with E-state index in [9.17, 15) is 22.8 Å². The summed E-state index contributed by atoms with van der Waals surface area (Å²) in [5.41, 5.74) is 3.20. The van der Waals surface area contributed by atoms with Crippen LogP contribution in [0.5, 0.6) is 5.75 Å². The van der Waals surface area contributed by atoms with Gasteiger partial charge in [0.1, 0.15) is 17.7 Å². The van der Waals surface area contributed by atoms with Gasteiger partial charge in [0.25, 0.3) is 0 Å². The molecule has 2 aromatic heterocycles. The first-order valence-corrected chi connectivity index (χ1v) is 17.0. The summed E-state index contributed by atoms with van der Waals surface area (Å²) >= 11 is 0. The third-order valence-electron chi connectivity index (χ3n) is 10.3. The lowest BCUT2D eigenvalue weighted by molar-refractivity contribution is -0.212. The van der Waals surface area contributed by atoms with E-state index in [1.54, 1.807) is 29.0 Å². The molecule has 2 amide bonds. The monoisotopic (exact) mass is 667 g/mol. The number of benzene rings is 1. The van der Waals surface area contributed by atoms with Crippen LogP contribution in [0.25, 0.3) is 11.1 Å². The molecule has 3 heterocycles. The molecule has 12 heteroatoms. The third kappa shape index (κ3) is 7.63. The maximum atomic E-state index is 14.3. The molecule has 1 saturated heterocycles. The zero-order chi connectivity index (χ0) is 34.0. The number of rotatable bonds is 8. The fraction of sp³-hybridized carbons (Fsp3) is 0.556. The number of methoxy groups -OCH3 is 1. The summed E-state index contributed by atoms with van der Waals surface area (Å²) in [6.45, 7) is 6.06. The molecule has 2 saturated carbocycles. The Kier molecular flexibility index (Phi) is 9.98. The van der Waals surface area contributed by atoms with Crippen molar-refractivity contribution in [2.75, 3.05) is 31.6 Å². The van der Waals surface area contributed by atoms with Crippen molar-refractivity contribution in [2.45, 2.75) is 83.5 Å². The number of carbonyl (C=O) groups excluding carboxylic acids is 2. The number of aryl methyl sites for hydroxylation is 1. The van der Waals surface area contributed by atoms with Gasteiger partial charge in [-0.25, -0.2) is 9.78 Å². The van der Waals surface area contributed by atoms with E-state index in [1.807, 2.05) is 6.07 Å². The van der Waals surface area contributed by atoms with Crippen molar-refractivity contribution < 1.29 is 32.2 Å². The fourth-order valence-corrected chi connectivity index (χ4v) is 7.46. The summed E-state index contributed by atoms with van der Waals surface area (Å²) in [4.78, 5) is 34.8. The van der Waals surface area contributed by atoms with Gasteiger partial charge in [-0.3, -0.25) is 9.69 Å². The number of likely N-dealkylation sites (tertiary alicyclic amines) is 1. The smallest absolute Gasteiger partial charge is 0.496 e. The van der Waals surface area contributed by atoms with Crippen LogP contribution >= 0.6 is 0 Å². The highest BCUT2D eigenvalue weighted by atomic mass is 19.4. The number of hydrogen-bond donors (Lipinski definition) is 0. The SMILES string of the molecule is COc1ccc(C2CCC(CN(C(=O)C3CCC(OC(=O)N4CC(C)C4)CC3)c3cc(-c4cnn(C(F)(F)F)c4)ccn3)CC2)cc1C. The van der Waals surface area contributed by atoms with E-state index < -0.39 is 6.30 Å². The molecule has 0 spiro atoms. The maximum Gasteiger partial charge on any atom is 0.504 e. The third-order valence-corrected chi connectivity index (χ3v) is 10.3. The van der Waals surface area contributed by atoms with Gasteiger partial charge < -0.3 is 14.4 Å². The van der Waals surface area contributed by atoms with E-state index in [-0.39, 0.29) is 40.2 Å². The molecule has 258 valence electrons. The lowest BCUT2D eigenvalue weighted by Gasteiger charge is -2.38. The second-order valence-electron chi connectivity index (χ2n) is 13.8. The number of aromatic nitrogens is 3.